The SMILES string of the molecule is Cn1ncc2cc(-c3ncc4c(ccn4CC4(C)CCNCC4)c3-c3ccc(C#N)cc3)ccc21. The van der Waals surface area contributed by atoms with E-state index >= 15 is 0 Å². The Morgan fingerprint density at radius 1 is 1.00 bits per heavy atom. The fourth-order valence-electron chi connectivity index (χ4n) is 5.43. The molecule has 6 nitrogen and oxygen atoms in total. The number of benzene rings is 2. The molecule has 1 saturated heterocycles. The molecule has 174 valence electrons. The molecule has 2 aromatic carbocycles. The first-order chi connectivity index (χ1) is 17.0. The summed E-state index contributed by atoms with van der Waals surface area (Å²) in [5.74, 6) is 0. The van der Waals surface area contributed by atoms with Crippen molar-refractivity contribution < 1.29 is 0 Å². The lowest BCUT2D eigenvalue weighted by Gasteiger charge is -2.34. The fourth-order valence-corrected chi connectivity index (χ4v) is 5.43. The average Bonchev–Trinajstić information content (AvgIpc) is 3.46. The largest absolute Gasteiger partial charge is 0.346 e. The monoisotopic (exact) mass is 460 g/mol. The number of piperidine rings is 1. The van der Waals surface area contributed by atoms with Crippen molar-refractivity contribution in [2.45, 2.75) is 26.3 Å². The lowest BCUT2D eigenvalue weighted by atomic mass is 9.81. The molecule has 0 atom stereocenters. The third kappa shape index (κ3) is 3.78. The van der Waals surface area contributed by atoms with Crippen molar-refractivity contribution in [1.82, 2.24) is 24.6 Å². The van der Waals surface area contributed by atoms with Crippen LogP contribution in [-0.2, 0) is 13.6 Å². The lowest BCUT2D eigenvalue weighted by molar-refractivity contribution is 0.197. The Balaban J connectivity index is 1.53. The van der Waals surface area contributed by atoms with E-state index < -0.39 is 0 Å². The molecule has 3 aromatic heterocycles. The highest BCUT2D eigenvalue weighted by Crippen LogP contribution is 2.39. The van der Waals surface area contributed by atoms with Gasteiger partial charge in [0.1, 0.15) is 0 Å². The molecule has 0 amide bonds. The maximum Gasteiger partial charge on any atom is 0.0991 e. The minimum atomic E-state index is 0.274. The van der Waals surface area contributed by atoms with Crippen LogP contribution in [-0.4, -0.2) is 32.4 Å². The highest BCUT2D eigenvalue weighted by molar-refractivity contribution is 6.02. The first-order valence-corrected chi connectivity index (χ1v) is 12.2. The van der Waals surface area contributed by atoms with E-state index in [0.717, 1.165) is 58.4 Å². The van der Waals surface area contributed by atoms with Gasteiger partial charge in [-0.3, -0.25) is 9.67 Å². The lowest BCUT2D eigenvalue weighted by Crippen LogP contribution is -2.37. The topological polar surface area (TPSA) is 71.5 Å². The van der Waals surface area contributed by atoms with Crippen LogP contribution in [0.2, 0.25) is 0 Å². The van der Waals surface area contributed by atoms with Gasteiger partial charge in [-0.15, -0.1) is 0 Å². The number of hydrogen-bond acceptors (Lipinski definition) is 4. The Labute approximate surface area is 204 Å². The van der Waals surface area contributed by atoms with Crippen molar-refractivity contribution in [2.75, 3.05) is 13.1 Å². The van der Waals surface area contributed by atoms with Crippen molar-refractivity contribution >= 4 is 21.8 Å². The summed E-state index contributed by atoms with van der Waals surface area (Å²) < 4.78 is 4.26. The smallest absolute Gasteiger partial charge is 0.0991 e. The molecule has 1 fully saturated rings. The number of aryl methyl sites for hydroxylation is 1. The molecule has 0 radical (unpaired) electrons. The van der Waals surface area contributed by atoms with Crippen LogP contribution in [0.1, 0.15) is 25.3 Å². The van der Waals surface area contributed by atoms with Gasteiger partial charge in [-0.25, -0.2) is 0 Å². The summed E-state index contributed by atoms with van der Waals surface area (Å²) in [6.07, 6.45) is 8.48. The number of nitriles is 1. The Morgan fingerprint density at radius 2 is 1.77 bits per heavy atom. The molecular weight excluding hydrogens is 432 g/mol. The molecule has 1 aliphatic rings. The van der Waals surface area contributed by atoms with Crippen molar-refractivity contribution in [2.24, 2.45) is 12.5 Å². The highest BCUT2D eigenvalue weighted by Gasteiger charge is 2.28. The molecule has 6 rings (SSSR count). The van der Waals surface area contributed by atoms with Crippen LogP contribution in [0.3, 0.4) is 0 Å². The van der Waals surface area contributed by atoms with Gasteiger partial charge in [0.15, 0.2) is 0 Å². The number of hydrogen-bond donors (Lipinski definition) is 1. The Morgan fingerprint density at radius 3 is 2.54 bits per heavy atom. The second kappa shape index (κ2) is 8.37. The van der Waals surface area contributed by atoms with E-state index in [2.05, 4.69) is 58.4 Å². The van der Waals surface area contributed by atoms with Crippen molar-refractivity contribution in [3.63, 3.8) is 0 Å². The highest BCUT2D eigenvalue weighted by atomic mass is 15.2. The molecule has 5 aromatic rings. The third-order valence-electron chi connectivity index (χ3n) is 7.51. The van der Waals surface area contributed by atoms with Gasteiger partial charge in [-0.1, -0.05) is 25.1 Å². The summed E-state index contributed by atoms with van der Waals surface area (Å²) in [5, 5.41) is 19.5. The van der Waals surface area contributed by atoms with Crippen LogP contribution < -0.4 is 5.32 Å². The molecule has 6 heteroatoms. The maximum atomic E-state index is 9.31. The summed E-state index contributed by atoms with van der Waals surface area (Å²) in [7, 11) is 1.96. The fraction of sp³-hybridized carbons (Fsp3) is 0.276. The van der Waals surface area contributed by atoms with Crippen LogP contribution in [0.5, 0.6) is 0 Å². The molecule has 0 saturated carbocycles. The van der Waals surface area contributed by atoms with Crippen LogP contribution in [0.4, 0.5) is 0 Å². The molecule has 0 unspecified atom stereocenters. The second-order valence-electron chi connectivity index (χ2n) is 10.0. The zero-order chi connectivity index (χ0) is 24.0. The molecule has 0 bridgehead atoms. The van der Waals surface area contributed by atoms with Crippen LogP contribution in [0.25, 0.3) is 44.2 Å². The van der Waals surface area contributed by atoms with Gasteiger partial charge in [0.25, 0.3) is 0 Å². The zero-order valence-electron chi connectivity index (χ0n) is 20.1. The van der Waals surface area contributed by atoms with Gasteiger partial charge in [-0.05, 0) is 67.2 Å². The van der Waals surface area contributed by atoms with E-state index in [1.54, 1.807) is 0 Å². The summed E-state index contributed by atoms with van der Waals surface area (Å²) in [6.45, 7) is 5.52. The van der Waals surface area contributed by atoms with E-state index in [4.69, 9.17) is 4.98 Å². The normalized spacial score (nSPS) is 15.5. The zero-order valence-corrected chi connectivity index (χ0v) is 20.1. The summed E-state index contributed by atoms with van der Waals surface area (Å²) in [4.78, 5) is 5.03. The van der Waals surface area contributed by atoms with Gasteiger partial charge < -0.3 is 9.88 Å². The van der Waals surface area contributed by atoms with E-state index in [1.807, 2.05) is 48.4 Å². The maximum absolute atomic E-state index is 9.31. The quantitative estimate of drug-likeness (QED) is 0.383. The minimum Gasteiger partial charge on any atom is -0.346 e. The van der Waals surface area contributed by atoms with Crippen LogP contribution in [0.15, 0.2) is 67.1 Å². The number of rotatable bonds is 4. The van der Waals surface area contributed by atoms with E-state index in [9.17, 15) is 5.26 Å². The van der Waals surface area contributed by atoms with E-state index in [-0.39, 0.29) is 5.41 Å². The third-order valence-corrected chi connectivity index (χ3v) is 7.51. The number of fused-ring (bicyclic) bond motifs is 2. The van der Waals surface area contributed by atoms with E-state index in [0.29, 0.717) is 5.56 Å². The van der Waals surface area contributed by atoms with E-state index in [1.165, 1.54) is 18.2 Å². The predicted octanol–water partition coefficient (Wildman–Crippen LogP) is 5.52. The predicted molar refractivity (Wildman–Crippen MR) is 140 cm³/mol. The average molecular weight is 461 g/mol. The van der Waals surface area contributed by atoms with Crippen molar-refractivity contribution in [3.8, 4) is 28.5 Å². The van der Waals surface area contributed by atoms with Crippen LogP contribution in [0, 0.1) is 16.7 Å². The number of pyridine rings is 1. The first kappa shape index (κ1) is 21.6. The van der Waals surface area contributed by atoms with Gasteiger partial charge in [-0.2, -0.15) is 10.4 Å². The number of nitrogens with zero attached hydrogens (tertiary/aromatic N) is 5. The Bertz CT molecular complexity index is 1580. The number of nitrogens with one attached hydrogen (secondary N) is 1. The molecule has 1 N–H and O–H groups in total. The Kier molecular flexibility index (Phi) is 5.16. The van der Waals surface area contributed by atoms with Gasteiger partial charge in [0.05, 0.1) is 40.8 Å². The summed E-state index contributed by atoms with van der Waals surface area (Å²) in [5.41, 5.74) is 7.34. The Hall–Kier alpha value is -3.95. The molecule has 4 heterocycles. The minimum absolute atomic E-state index is 0.274. The molecular formula is C29H28N6. The number of aromatic nitrogens is 4. The van der Waals surface area contributed by atoms with Crippen molar-refractivity contribution in [3.05, 3.63) is 72.7 Å². The molecule has 1 aliphatic heterocycles. The van der Waals surface area contributed by atoms with Gasteiger partial charge in [0, 0.05) is 41.7 Å². The summed E-state index contributed by atoms with van der Waals surface area (Å²) >= 11 is 0. The molecule has 35 heavy (non-hydrogen) atoms. The van der Waals surface area contributed by atoms with Crippen LogP contribution >= 0.6 is 0 Å². The summed E-state index contributed by atoms with van der Waals surface area (Å²) in [6, 6.07) is 18.7. The second-order valence-corrected chi connectivity index (χ2v) is 10.0. The first-order valence-electron chi connectivity index (χ1n) is 12.2. The molecule has 0 spiro atoms. The standard InChI is InChI=1S/C29H28N6/c1-29(10-12-31-13-11-29)19-35-14-9-24-26(35)18-32-28(27(24)21-5-3-20(16-30)4-6-21)22-7-8-25-23(15-22)17-33-34(25)2/h3-9,14-15,17-18,31H,10-13,19H2,1-2H3. The molecule has 0 aliphatic carbocycles. The van der Waals surface area contributed by atoms with Gasteiger partial charge in [0.2, 0.25) is 0 Å². The van der Waals surface area contributed by atoms with Gasteiger partial charge >= 0.3 is 0 Å². The van der Waals surface area contributed by atoms with Crippen molar-refractivity contribution in [1.29, 1.82) is 5.26 Å².